The lowest BCUT2D eigenvalue weighted by Crippen LogP contribution is -3.00. The van der Waals surface area contributed by atoms with E-state index in [9.17, 15) is 4.79 Å². The van der Waals surface area contributed by atoms with Gasteiger partial charge in [0.05, 0.1) is 22.7 Å². The molecule has 0 bridgehead atoms. The first-order valence-corrected chi connectivity index (χ1v) is 16.2. The van der Waals surface area contributed by atoms with Gasteiger partial charge in [0.1, 0.15) is 11.5 Å². The highest BCUT2D eigenvalue weighted by Crippen LogP contribution is 2.29. The van der Waals surface area contributed by atoms with Crippen LogP contribution < -0.4 is 36.3 Å². The number of halogens is 2. The van der Waals surface area contributed by atoms with Crippen LogP contribution in [0.4, 0.5) is 5.69 Å². The molecule has 0 aliphatic rings. The molecule has 3 rings (SSSR count). The Kier molecular flexibility index (Phi) is 17.8. The van der Waals surface area contributed by atoms with Gasteiger partial charge in [-0.3, -0.25) is 4.79 Å². The summed E-state index contributed by atoms with van der Waals surface area (Å²) in [5.41, 5.74) is 1.83. The third-order valence-corrected chi connectivity index (χ3v) is 8.17. The van der Waals surface area contributed by atoms with Crippen molar-refractivity contribution in [1.82, 2.24) is 0 Å². The second kappa shape index (κ2) is 20.7. The maximum absolute atomic E-state index is 12.6. The summed E-state index contributed by atoms with van der Waals surface area (Å²) in [6.07, 6.45) is 17.9. The van der Waals surface area contributed by atoms with Crippen molar-refractivity contribution in [2.45, 2.75) is 97.4 Å². The van der Waals surface area contributed by atoms with Crippen molar-refractivity contribution in [3.8, 4) is 11.5 Å². The van der Waals surface area contributed by atoms with Gasteiger partial charge >= 0.3 is 0 Å². The number of unbranched alkanes of at least 4 members (excludes halogenated alkanes) is 11. The molecule has 1 aromatic heterocycles. The number of benzene rings is 2. The fourth-order valence-corrected chi connectivity index (χ4v) is 5.54. The molecule has 1 N–H and O–H groups in total. The minimum absolute atomic E-state index is 0. The number of carbonyl (C=O) groups excluding carboxylic acids is 1. The zero-order valence-electron chi connectivity index (χ0n) is 24.6. The standard InChI is InChI=1S/C33H45ClN2O3S.BrH/c1-3-4-5-6-7-8-9-10-11-12-13-16-22-38-32-20-19-29(24-30(32)34)39-26-33(37)35-31-18-15-14-17-28(31)25-36-21-23-40-27(36)2;/h14-15,17-21,23-24H,3-13,16,22,25-26H2,1-2H3;1H. The third-order valence-electron chi connectivity index (χ3n) is 7.04. The molecule has 41 heavy (non-hydrogen) atoms. The van der Waals surface area contributed by atoms with Crippen molar-refractivity contribution in [3.63, 3.8) is 0 Å². The van der Waals surface area contributed by atoms with Crippen LogP contribution >= 0.6 is 22.9 Å². The minimum Gasteiger partial charge on any atom is -1.00 e. The first kappa shape index (κ1) is 35.1. The monoisotopic (exact) mass is 664 g/mol. The molecule has 8 heteroatoms. The van der Waals surface area contributed by atoms with Crippen molar-refractivity contribution in [3.05, 3.63) is 69.6 Å². The number of ether oxygens (including phenoxy) is 2. The predicted octanol–water partition coefficient (Wildman–Crippen LogP) is 6.15. The summed E-state index contributed by atoms with van der Waals surface area (Å²) >= 11 is 8.12. The highest BCUT2D eigenvalue weighted by atomic mass is 79.9. The first-order valence-electron chi connectivity index (χ1n) is 14.9. The van der Waals surface area contributed by atoms with E-state index in [0.29, 0.717) is 29.7 Å². The number of aromatic nitrogens is 1. The molecule has 0 atom stereocenters. The van der Waals surface area contributed by atoms with E-state index in [1.165, 1.54) is 75.6 Å². The second-order valence-electron chi connectivity index (χ2n) is 10.4. The van der Waals surface area contributed by atoms with Gasteiger partial charge in [0.2, 0.25) is 5.01 Å². The fourth-order valence-electron chi connectivity index (χ4n) is 4.65. The molecule has 0 unspecified atom stereocenters. The lowest BCUT2D eigenvalue weighted by Gasteiger charge is -2.12. The quantitative estimate of drug-likeness (QED) is 0.116. The van der Waals surface area contributed by atoms with Crippen molar-refractivity contribution < 1.29 is 35.8 Å². The van der Waals surface area contributed by atoms with Crippen molar-refractivity contribution in [1.29, 1.82) is 0 Å². The zero-order valence-corrected chi connectivity index (χ0v) is 27.8. The van der Waals surface area contributed by atoms with Gasteiger partial charge in [0, 0.05) is 18.6 Å². The molecular formula is C33H46BrClN2O3S. The Hall–Kier alpha value is -2.09. The van der Waals surface area contributed by atoms with Crippen molar-refractivity contribution >= 4 is 34.5 Å². The van der Waals surface area contributed by atoms with E-state index >= 15 is 0 Å². The molecular weight excluding hydrogens is 620 g/mol. The number of aryl methyl sites for hydroxylation is 1. The number of anilines is 1. The van der Waals surface area contributed by atoms with Crippen LogP contribution in [0.3, 0.4) is 0 Å². The Bertz CT molecular complexity index is 1160. The normalized spacial score (nSPS) is 10.7. The molecule has 0 aliphatic carbocycles. The van der Waals surface area contributed by atoms with Crippen LogP contribution in [-0.4, -0.2) is 19.1 Å². The fraction of sp³-hybridized carbons (Fsp3) is 0.515. The number of nitrogens with one attached hydrogen (secondary N) is 1. The molecule has 226 valence electrons. The highest BCUT2D eigenvalue weighted by Gasteiger charge is 2.14. The number of rotatable bonds is 20. The zero-order chi connectivity index (χ0) is 28.4. The lowest BCUT2D eigenvalue weighted by atomic mass is 10.1. The smallest absolute Gasteiger partial charge is 0.262 e. The molecule has 0 fully saturated rings. The number of thiazole rings is 1. The number of carbonyl (C=O) groups is 1. The Labute approximate surface area is 266 Å². The topological polar surface area (TPSA) is 51.4 Å². The van der Waals surface area contributed by atoms with Gasteiger partial charge in [-0.2, -0.15) is 4.57 Å². The molecule has 0 saturated carbocycles. The number of hydrogen-bond acceptors (Lipinski definition) is 4. The summed E-state index contributed by atoms with van der Waals surface area (Å²) in [6.45, 7) is 5.60. The van der Waals surface area contributed by atoms with Crippen molar-refractivity contribution in [2.75, 3.05) is 18.5 Å². The minimum atomic E-state index is -0.220. The van der Waals surface area contributed by atoms with Crippen molar-refractivity contribution in [2.24, 2.45) is 0 Å². The van der Waals surface area contributed by atoms with Gasteiger partial charge in [-0.15, -0.1) is 0 Å². The van der Waals surface area contributed by atoms with Gasteiger partial charge in [-0.25, -0.2) is 0 Å². The average Bonchev–Trinajstić information content (AvgIpc) is 3.36. The summed E-state index contributed by atoms with van der Waals surface area (Å²) in [6, 6.07) is 13.1. The molecule has 0 spiro atoms. The Morgan fingerprint density at radius 3 is 2.20 bits per heavy atom. The summed E-state index contributed by atoms with van der Waals surface area (Å²) < 4.78 is 13.8. The van der Waals surface area contributed by atoms with E-state index in [1.807, 2.05) is 30.3 Å². The second-order valence-corrected chi connectivity index (χ2v) is 11.9. The molecule has 0 aliphatic heterocycles. The maximum atomic E-state index is 12.6. The SMILES string of the molecule is CCCCCCCCCCCCCCOc1ccc(OCC(=O)Nc2ccccc2C[n+]2ccsc2C)cc1Cl.[Br-]. The summed E-state index contributed by atoms with van der Waals surface area (Å²) in [7, 11) is 0. The number of hydrogen-bond donors (Lipinski definition) is 1. The number of amides is 1. The lowest BCUT2D eigenvalue weighted by molar-refractivity contribution is -0.689. The first-order chi connectivity index (χ1) is 19.6. The Balaban J connectivity index is 0.00000588. The van der Waals surface area contributed by atoms with Gasteiger partial charge in [-0.05, 0) is 24.6 Å². The van der Waals surface area contributed by atoms with E-state index in [-0.39, 0.29) is 29.5 Å². The predicted molar refractivity (Wildman–Crippen MR) is 167 cm³/mol. The van der Waals surface area contributed by atoms with Crippen LogP contribution in [0.1, 0.15) is 94.5 Å². The van der Waals surface area contributed by atoms with Crippen LogP contribution in [0.2, 0.25) is 5.02 Å². The van der Waals surface area contributed by atoms with Crippen LogP contribution in [0.25, 0.3) is 0 Å². The average molecular weight is 666 g/mol. The summed E-state index contributed by atoms with van der Waals surface area (Å²) in [5.74, 6) is 0.968. The molecule has 3 aromatic rings. The maximum Gasteiger partial charge on any atom is 0.262 e. The van der Waals surface area contributed by atoms with Crippen LogP contribution in [-0.2, 0) is 11.3 Å². The van der Waals surface area contributed by atoms with E-state index in [2.05, 4.69) is 35.3 Å². The Morgan fingerprint density at radius 2 is 1.56 bits per heavy atom. The van der Waals surface area contributed by atoms with Gasteiger partial charge in [0.25, 0.3) is 5.91 Å². The Morgan fingerprint density at radius 1 is 0.902 bits per heavy atom. The third kappa shape index (κ3) is 13.6. The number of nitrogens with zero attached hydrogens (tertiary/aromatic N) is 1. The van der Waals surface area contributed by atoms with Crippen LogP contribution in [0.15, 0.2) is 54.0 Å². The molecule has 1 amide bonds. The molecule has 0 radical (unpaired) electrons. The van der Waals surface area contributed by atoms with E-state index < -0.39 is 0 Å². The van der Waals surface area contributed by atoms with Gasteiger partial charge in [0.15, 0.2) is 19.3 Å². The van der Waals surface area contributed by atoms with Gasteiger partial charge in [-0.1, -0.05) is 119 Å². The summed E-state index contributed by atoms with van der Waals surface area (Å²) in [4.78, 5) is 12.6. The molecule has 1 heterocycles. The largest absolute Gasteiger partial charge is 1.00 e. The van der Waals surface area contributed by atoms with E-state index in [1.54, 1.807) is 23.5 Å². The molecule has 2 aromatic carbocycles. The van der Waals surface area contributed by atoms with Crippen LogP contribution in [0.5, 0.6) is 11.5 Å². The number of para-hydroxylation sites is 1. The highest BCUT2D eigenvalue weighted by molar-refractivity contribution is 7.09. The van der Waals surface area contributed by atoms with E-state index in [0.717, 1.165) is 17.7 Å². The molecule has 5 nitrogen and oxygen atoms in total. The van der Waals surface area contributed by atoms with Crippen LogP contribution in [0, 0.1) is 6.92 Å². The van der Waals surface area contributed by atoms with Gasteiger partial charge < -0.3 is 31.8 Å². The summed E-state index contributed by atoms with van der Waals surface area (Å²) in [5, 5.41) is 6.74. The molecule has 0 saturated heterocycles. The van der Waals surface area contributed by atoms with E-state index in [4.69, 9.17) is 21.1 Å².